The molecule has 3 aromatic rings. The van der Waals surface area contributed by atoms with Gasteiger partial charge in [-0.05, 0) is 137 Å². The fourth-order valence-electron chi connectivity index (χ4n) is 10.4. The van der Waals surface area contributed by atoms with Crippen LogP contribution in [0, 0.1) is 10.8 Å². The highest BCUT2D eigenvalue weighted by Crippen LogP contribution is 2.32. The number of halogens is 2. The maximum atomic E-state index is 16.1. The molecular formula is C75H112F2N4O15. The highest BCUT2D eigenvalue weighted by molar-refractivity contribution is 5.93. The summed E-state index contributed by atoms with van der Waals surface area (Å²) in [5, 5.41) is 0. The summed E-state index contributed by atoms with van der Waals surface area (Å²) in [4.78, 5) is 134. The van der Waals surface area contributed by atoms with Crippen molar-refractivity contribution in [2.45, 2.75) is 273 Å². The molecule has 0 aliphatic rings. The zero-order valence-electron chi connectivity index (χ0n) is 61.9. The maximum absolute atomic E-state index is 16.1. The van der Waals surface area contributed by atoms with Crippen LogP contribution in [0.15, 0.2) is 78.9 Å². The summed E-state index contributed by atoms with van der Waals surface area (Å²) >= 11 is 0. The number of ether oxygens (including phenoxy) is 6. The first-order valence-electron chi connectivity index (χ1n) is 33.0. The number of hydrogen-bond acceptors (Lipinski definition) is 15. The van der Waals surface area contributed by atoms with Crippen molar-refractivity contribution in [3.8, 4) is 0 Å². The smallest absolute Gasteiger partial charge is 0.410 e. The van der Waals surface area contributed by atoms with Crippen molar-refractivity contribution in [1.29, 1.82) is 0 Å². The fourth-order valence-corrected chi connectivity index (χ4v) is 10.4. The van der Waals surface area contributed by atoms with Crippen LogP contribution in [-0.2, 0) is 97.1 Å². The van der Waals surface area contributed by atoms with E-state index < -0.39 is 143 Å². The third-order valence-electron chi connectivity index (χ3n) is 16.0. The lowest BCUT2D eigenvalue weighted by molar-refractivity contribution is -0.176. The van der Waals surface area contributed by atoms with Gasteiger partial charge >= 0.3 is 35.9 Å². The van der Waals surface area contributed by atoms with Crippen LogP contribution in [0.5, 0.6) is 0 Å². The fraction of sp³-hybridized carbons (Fsp3) is 0.640. The van der Waals surface area contributed by atoms with Gasteiger partial charge in [-0.2, -0.15) is 0 Å². The van der Waals surface area contributed by atoms with Gasteiger partial charge in [0.25, 0.3) is 17.7 Å². The molecule has 536 valence electrons. The molecule has 0 N–H and O–H groups in total. The molecule has 8 atom stereocenters. The molecular weight excluding hydrogens is 1230 g/mol. The van der Waals surface area contributed by atoms with E-state index in [0.29, 0.717) is 11.1 Å². The van der Waals surface area contributed by atoms with Gasteiger partial charge in [0.1, 0.15) is 47.7 Å². The molecule has 19 nitrogen and oxygen atoms in total. The summed E-state index contributed by atoms with van der Waals surface area (Å²) in [6, 6.07) is 17.7. The Labute approximate surface area is 570 Å². The van der Waals surface area contributed by atoms with Gasteiger partial charge in [-0.3, -0.25) is 19.3 Å². The van der Waals surface area contributed by atoms with Crippen molar-refractivity contribution in [3.05, 3.63) is 107 Å². The second-order valence-electron chi connectivity index (χ2n) is 32.1. The summed E-state index contributed by atoms with van der Waals surface area (Å²) < 4.78 is 66.4. The van der Waals surface area contributed by atoms with E-state index >= 15 is 18.4 Å². The van der Waals surface area contributed by atoms with Crippen LogP contribution in [0.3, 0.4) is 0 Å². The molecule has 0 heterocycles. The summed E-state index contributed by atoms with van der Waals surface area (Å²) in [6.45, 7) is 35.4. The number of carbonyl (C=O) groups is 9. The second kappa shape index (κ2) is 33.7. The molecule has 21 heteroatoms. The molecule has 0 saturated heterocycles. The van der Waals surface area contributed by atoms with E-state index in [0.717, 1.165) is 36.3 Å². The van der Waals surface area contributed by atoms with Crippen LogP contribution in [-0.4, -0.2) is 167 Å². The van der Waals surface area contributed by atoms with Crippen LogP contribution in [0.1, 0.15) is 205 Å². The van der Waals surface area contributed by atoms with Crippen LogP contribution >= 0.6 is 0 Å². The third-order valence-corrected chi connectivity index (χ3v) is 16.0. The Kier molecular flexibility index (Phi) is 29.0. The second-order valence-corrected chi connectivity index (χ2v) is 32.1. The Balaban J connectivity index is 2.08. The molecule has 0 unspecified atom stereocenters. The summed E-state index contributed by atoms with van der Waals surface area (Å²) in [6.07, 6.45) is -8.83. The molecule has 4 amide bonds. The van der Waals surface area contributed by atoms with E-state index in [9.17, 15) is 33.6 Å². The highest BCUT2D eigenvalue weighted by Gasteiger charge is 2.45. The summed E-state index contributed by atoms with van der Waals surface area (Å²) in [7, 11) is 5.11. The predicted octanol–water partition coefficient (Wildman–Crippen LogP) is 12.8. The summed E-state index contributed by atoms with van der Waals surface area (Å²) in [5.41, 5.74) is -2.91. The molecule has 3 aromatic carbocycles. The SMILES string of the molecule is C[C@@H](OC(=O)[C@H](CC(C)(C)C)N(C)C(=O)[C@@H](Cc1ccc(C(C)(C)C)cc1)OC(=O)[C@H](CC(C)(C)F)N(C)C(=O)[C@@H](C)OC(=O)[C@H](CC(C)(C)C)N(C)C(=O)[C@@H](CCc1ccc(C(C)(C)C)cc1)OC(=O)[C@H](CC(C)(C)F)N(C)C(=O)OC(C)(C)C)C(=O)OCc1ccccc1. The van der Waals surface area contributed by atoms with E-state index in [1.165, 1.54) is 69.7 Å². The minimum absolute atomic E-state index is 0.0185. The van der Waals surface area contributed by atoms with Gasteiger partial charge in [-0.25, -0.2) is 37.5 Å². The molecule has 0 aliphatic heterocycles. The van der Waals surface area contributed by atoms with Gasteiger partial charge < -0.3 is 43.1 Å². The van der Waals surface area contributed by atoms with Crippen molar-refractivity contribution in [2.24, 2.45) is 10.8 Å². The van der Waals surface area contributed by atoms with Crippen LogP contribution in [0.25, 0.3) is 0 Å². The lowest BCUT2D eigenvalue weighted by Crippen LogP contribution is -2.54. The lowest BCUT2D eigenvalue weighted by atomic mass is 9.86. The number of aryl methyl sites for hydroxylation is 1. The van der Waals surface area contributed by atoms with Crippen molar-refractivity contribution in [1.82, 2.24) is 19.6 Å². The largest absolute Gasteiger partial charge is 0.458 e. The molecule has 0 fully saturated rings. The van der Waals surface area contributed by atoms with Gasteiger partial charge in [0.2, 0.25) is 0 Å². The zero-order valence-corrected chi connectivity index (χ0v) is 61.9. The maximum Gasteiger partial charge on any atom is 0.410 e. The first-order chi connectivity index (χ1) is 43.7. The van der Waals surface area contributed by atoms with Crippen molar-refractivity contribution < 1.29 is 80.4 Å². The van der Waals surface area contributed by atoms with Gasteiger partial charge in [-0.1, -0.05) is 162 Å². The normalized spacial score (nSPS) is 15.0. The average Bonchev–Trinajstić information content (AvgIpc) is 0.830. The molecule has 96 heavy (non-hydrogen) atoms. The van der Waals surface area contributed by atoms with Gasteiger partial charge in [-0.15, -0.1) is 0 Å². The molecule has 3 rings (SSSR count). The standard InChI is InChI=1S/C75H112F2N4O15/c1-47(92-64(86)54(42-69(3,4)5)79(23)61(83)58(40-35-49-31-36-52(37-32-49)71(9,10)11)94-67(89)57(45-75(20,21)77)81(25)68(90)96-73(15,16)17)60(82)78(22)56(44-74(18,19)76)66(88)95-59(41-50-33-38-53(39-34-50)72(12,13)14)62(84)80(24)55(43-70(6,7)8)65(87)93-48(2)63(85)91-46-51-29-27-26-28-30-51/h26-34,36-39,47-48,54-59H,35,40-46H2,1-25H3/t47-,48-,54+,55+,56+,57+,58-,59-/m1/s1. The highest BCUT2D eigenvalue weighted by atomic mass is 19.1. The number of carbonyl (C=O) groups excluding carboxylic acids is 9. The van der Waals surface area contributed by atoms with E-state index in [-0.39, 0.29) is 49.5 Å². The van der Waals surface area contributed by atoms with Gasteiger partial charge in [0.15, 0.2) is 24.4 Å². The number of rotatable bonds is 29. The number of esters is 5. The number of benzene rings is 3. The van der Waals surface area contributed by atoms with E-state index in [1.54, 1.807) is 77.9 Å². The Morgan fingerprint density at radius 1 is 0.406 bits per heavy atom. The van der Waals surface area contributed by atoms with E-state index in [1.807, 2.05) is 84.0 Å². The minimum Gasteiger partial charge on any atom is -0.458 e. The molecule has 0 saturated carbocycles. The molecule has 0 spiro atoms. The first kappa shape index (κ1) is 82.8. The number of hydrogen-bond donors (Lipinski definition) is 0. The lowest BCUT2D eigenvalue weighted by Gasteiger charge is -2.36. The van der Waals surface area contributed by atoms with E-state index in [2.05, 4.69) is 20.8 Å². The molecule has 0 radical (unpaired) electrons. The monoisotopic (exact) mass is 1350 g/mol. The molecule has 0 bridgehead atoms. The van der Waals surface area contributed by atoms with Crippen LogP contribution in [0.4, 0.5) is 13.6 Å². The van der Waals surface area contributed by atoms with Gasteiger partial charge in [0.05, 0.1) is 0 Å². The predicted molar refractivity (Wildman–Crippen MR) is 365 cm³/mol. The Morgan fingerprint density at radius 3 is 1.18 bits per heavy atom. The van der Waals surface area contributed by atoms with Gasteiger partial charge in [0, 0.05) is 47.5 Å². The minimum atomic E-state index is -2.16. The molecule has 0 aliphatic carbocycles. The van der Waals surface area contributed by atoms with E-state index in [4.69, 9.17) is 28.4 Å². The average molecular weight is 1350 g/mol. The Morgan fingerprint density at radius 2 is 0.771 bits per heavy atom. The topological polar surface area (TPSA) is 222 Å². The number of likely N-dealkylation sites (N-methyl/N-ethyl adjacent to an activating group) is 4. The Bertz CT molecular complexity index is 3110. The number of nitrogens with zero attached hydrogens (tertiary/aromatic N) is 4. The van der Waals surface area contributed by atoms with Crippen molar-refractivity contribution >= 4 is 53.7 Å². The number of amides is 4. The summed E-state index contributed by atoms with van der Waals surface area (Å²) in [5.74, 6) is -7.89. The zero-order chi connectivity index (χ0) is 73.6. The first-order valence-corrected chi connectivity index (χ1v) is 33.0. The third kappa shape index (κ3) is 27.6. The van der Waals surface area contributed by atoms with Crippen LogP contribution < -0.4 is 0 Å². The Hall–Kier alpha value is -7.45. The van der Waals surface area contributed by atoms with Crippen molar-refractivity contribution in [3.63, 3.8) is 0 Å². The molecule has 0 aromatic heterocycles. The quantitative estimate of drug-likeness (QED) is 0.0466. The number of alkyl halides is 2. The van der Waals surface area contributed by atoms with Crippen molar-refractivity contribution in [2.75, 3.05) is 28.2 Å². The van der Waals surface area contributed by atoms with Crippen LogP contribution in [0.2, 0.25) is 0 Å².